The summed E-state index contributed by atoms with van der Waals surface area (Å²) in [5.74, 6) is 0.894. The van der Waals surface area contributed by atoms with Crippen LogP contribution in [0.15, 0.2) is 17.2 Å². The molecule has 0 saturated heterocycles. The van der Waals surface area contributed by atoms with E-state index in [1.54, 1.807) is 6.21 Å². The number of hydrazone groups is 1. The molecule has 0 aliphatic heterocycles. The van der Waals surface area contributed by atoms with E-state index in [-0.39, 0.29) is 5.54 Å². The topological polar surface area (TPSA) is 45.7 Å². The molecule has 1 aromatic carbocycles. The van der Waals surface area contributed by atoms with Crippen LogP contribution in [0.4, 0.5) is 0 Å². The fourth-order valence-electron chi connectivity index (χ4n) is 1.62. The number of thiocarbonyl (C=S) groups is 1. The lowest BCUT2D eigenvalue weighted by atomic mass is 10.1. The minimum absolute atomic E-state index is 0.0940. The number of hydrogen-bond donors (Lipinski definition) is 2. The zero-order valence-corrected chi connectivity index (χ0v) is 20.4. The lowest BCUT2D eigenvalue weighted by molar-refractivity contribution is 0.508. The fourth-order valence-corrected chi connectivity index (χ4v) is 5.03. The van der Waals surface area contributed by atoms with Gasteiger partial charge in [-0.2, -0.15) is 5.10 Å². The Morgan fingerprint density at radius 1 is 1.26 bits per heavy atom. The molecule has 1 rings (SSSR count). The third-order valence-electron chi connectivity index (χ3n) is 2.30. The van der Waals surface area contributed by atoms with Crippen LogP contribution < -0.4 is 15.2 Å². The molecule has 0 aromatic heterocycles. The summed E-state index contributed by atoms with van der Waals surface area (Å²) in [5, 5.41) is 7.91. The van der Waals surface area contributed by atoms with Crippen molar-refractivity contribution < 1.29 is 4.43 Å². The number of nitrogens with zero attached hydrogens (tertiary/aromatic N) is 1. The number of rotatable bonds is 4. The van der Waals surface area contributed by atoms with Crippen LogP contribution in [0.2, 0.25) is 19.6 Å². The lowest BCUT2D eigenvalue weighted by Gasteiger charge is -2.22. The van der Waals surface area contributed by atoms with Gasteiger partial charge in [-0.05, 0) is 110 Å². The fraction of sp³-hybridized carbons (Fsp3) is 0.467. The van der Waals surface area contributed by atoms with Crippen molar-refractivity contribution in [2.24, 2.45) is 5.10 Å². The van der Waals surface area contributed by atoms with Crippen molar-refractivity contribution in [2.45, 2.75) is 46.0 Å². The van der Waals surface area contributed by atoms with Crippen LogP contribution in [-0.4, -0.2) is 25.2 Å². The molecule has 0 unspecified atom stereocenters. The molecule has 0 fully saturated rings. The summed E-state index contributed by atoms with van der Waals surface area (Å²) in [6.07, 6.45) is 1.76. The van der Waals surface area contributed by atoms with E-state index in [1.807, 2.05) is 20.8 Å². The van der Waals surface area contributed by atoms with Crippen LogP contribution in [0.5, 0.6) is 5.75 Å². The van der Waals surface area contributed by atoms with Crippen molar-refractivity contribution in [2.75, 3.05) is 0 Å². The van der Waals surface area contributed by atoms with E-state index in [9.17, 15) is 0 Å². The molecule has 1 aromatic rings. The summed E-state index contributed by atoms with van der Waals surface area (Å²) in [4.78, 5) is 0. The predicted octanol–water partition coefficient (Wildman–Crippen LogP) is 4.71. The molecule has 0 atom stereocenters. The van der Waals surface area contributed by atoms with E-state index in [0.717, 1.165) is 18.5 Å². The second kappa shape index (κ2) is 8.43. The largest absolute Gasteiger partial charge is 0.543 e. The smallest absolute Gasteiger partial charge is 0.242 e. The van der Waals surface area contributed by atoms with Gasteiger partial charge in [0.25, 0.3) is 0 Å². The van der Waals surface area contributed by atoms with Gasteiger partial charge in [0.1, 0.15) is 5.75 Å². The quantitative estimate of drug-likeness (QED) is 0.180. The number of benzene rings is 1. The monoisotopic (exact) mass is 575 g/mol. The lowest BCUT2D eigenvalue weighted by Crippen LogP contribution is -2.44. The molecule has 0 bridgehead atoms. The first-order valence-corrected chi connectivity index (χ1v) is 13.1. The summed E-state index contributed by atoms with van der Waals surface area (Å²) in [7, 11) is -1.70. The Hall–Kier alpha value is 0.0569. The molecule has 0 heterocycles. The summed E-state index contributed by atoms with van der Waals surface area (Å²) in [6.45, 7) is 12.7. The molecule has 4 nitrogen and oxygen atoms in total. The van der Waals surface area contributed by atoms with E-state index in [4.69, 9.17) is 16.6 Å². The average molecular weight is 575 g/mol. The van der Waals surface area contributed by atoms with Gasteiger partial charge in [-0.1, -0.05) is 0 Å². The molecule has 0 aliphatic carbocycles. The van der Waals surface area contributed by atoms with Crippen LogP contribution >= 0.6 is 57.4 Å². The molecule has 128 valence electrons. The van der Waals surface area contributed by atoms with E-state index in [0.29, 0.717) is 5.11 Å². The van der Waals surface area contributed by atoms with Crippen LogP contribution in [-0.2, 0) is 0 Å². The highest BCUT2D eigenvalue weighted by atomic mass is 127. The van der Waals surface area contributed by atoms with E-state index in [1.165, 1.54) is 0 Å². The maximum Gasteiger partial charge on any atom is 0.242 e. The molecule has 0 aliphatic rings. The molecule has 8 heteroatoms. The minimum Gasteiger partial charge on any atom is -0.543 e. The second-order valence-corrected chi connectivity index (χ2v) is 14.3. The van der Waals surface area contributed by atoms with Crippen molar-refractivity contribution in [3.05, 3.63) is 24.8 Å². The predicted molar refractivity (Wildman–Crippen MR) is 122 cm³/mol. The Bertz CT molecular complexity index is 610. The summed E-state index contributed by atoms with van der Waals surface area (Å²) in [5.41, 5.74) is 3.72. The summed E-state index contributed by atoms with van der Waals surface area (Å²) in [6, 6.07) is 4.16. The molecular weight excluding hydrogens is 552 g/mol. The van der Waals surface area contributed by atoms with Crippen molar-refractivity contribution in [1.82, 2.24) is 10.7 Å². The van der Waals surface area contributed by atoms with Gasteiger partial charge in [0.15, 0.2) is 5.11 Å². The van der Waals surface area contributed by atoms with Gasteiger partial charge in [-0.3, -0.25) is 5.43 Å². The van der Waals surface area contributed by atoms with Crippen LogP contribution in [0.3, 0.4) is 0 Å². The molecule has 0 radical (unpaired) electrons. The van der Waals surface area contributed by atoms with E-state index < -0.39 is 8.32 Å². The zero-order chi connectivity index (χ0) is 17.8. The molecular formula is C15H23I2N3OSSi. The second-order valence-electron chi connectivity index (χ2n) is 7.09. The van der Waals surface area contributed by atoms with Crippen molar-refractivity contribution in [3.8, 4) is 5.75 Å². The average Bonchev–Trinajstić information content (AvgIpc) is 2.29. The molecule has 0 amide bonds. The van der Waals surface area contributed by atoms with Gasteiger partial charge in [-0.15, -0.1) is 0 Å². The van der Waals surface area contributed by atoms with E-state index >= 15 is 0 Å². The van der Waals surface area contributed by atoms with Crippen LogP contribution in [0, 0.1) is 7.14 Å². The number of halogens is 2. The normalized spacial score (nSPS) is 12.3. The number of hydrogen-bond acceptors (Lipinski definition) is 3. The Morgan fingerprint density at radius 2 is 1.87 bits per heavy atom. The highest BCUT2D eigenvalue weighted by Crippen LogP contribution is 2.29. The minimum atomic E-state index is -1.70. The SMILES string of the molecule is CC(C)(C)NC(=S)N/N=C/c1cc(I)cc(I)c1O[Si](C)(C)C. The first-order chi connectivity index (χ1) is 10.4. The molecule has 0 saturated carbocycles. The van der Waals surface area contributed by atoms with Crippen LogP contribution in [0.25, 0.3) is 0 Å². The summed E-state index contributed by atoms with van der Waals surface area (Å²) < 4.78 is 8.45. The maximum absolute atomic E-state index is 6.22. The Labute approximate surface area is 172 Å². The third kappa shape index (κ3) is 8.63. The van der Waals surface area contributed by atoms with Gasteiger partial charge >= 0.3 is 0 Å². The Kier molecular flexibility index (Phi) is 7.74. The van der Waals surface area contributed by atoms with Crippen molar-refractivity contribution >= 4 is 77.0 Å². The summed E-state index contributed by atoms with van der Waals surface area (Å²) >= 11 is 9.83. The van der Waals surface area contributed by atoms with E-state index in [2.05, 4.69) is 92.8 Å². The highest BCUT2D eigenvalue weighted by molar-refractivity contribution is 14.1. The zero-order valence-electron chi connectivity index (χ0n) is 14.3. The van der Waals surface area contributed by atoms with Crippen molar-refractivity contribution in [1.29, 1.82) is 0 Å². The molecule has 2 N–H and O–H groups in total. The Balaban J connectivity index is 2.94. The van der Waals surface area contributed by atoms with Gasteiger partial charge in [0, 0.05) is 14.7 Å². The first-order valence-electron chi connectivity index (χ1n) is 7.17. The van der Waals surface area contributed by atoms with Gasteiger partial charge in [-0.25, -0.2) is 0 Å². The highest BCUT2D eigenvalue weighted by Gasteiger charge is 2.20. The Morgan fingerprint density at radius 3 is 2.39 bits per heavy atom. The van der Waals surface area contributed by atoms with Gasteiger partial charge in [0.2, 0.25) is 8.32 Å². The molecule has 0 spiro atoms. The first kappa shape index (κ1) is 21.1. The maximum atomic E-state index is 6.22. The standard InChI is InChI=1S/C15H23I2N3OSSi/c1-15(2,3)19-14(22)20-18-9-10-7-11(16)8-12(17)13(10)21-23(4,5)6/h7-9H,1-6H3,(H2,19,20,22)/b18-9+. The van der Waals surface area contributed by atoms with Crippen LogP contribution in [0.1, 0.15) is 26.3 Å². The van der Waals surface area contributed by atoms with Gasteiger partial charge < -0.3 is 9.74 Å². The number of nitrogens with one attached hydrogen (secondary N) is 2. The van der Waals surface area contributed by atoms with Gasteiger partial charge in [0.05, 0.1) is 9.78 Å². The third-order valence-corrected chi connectivity index (χ3v) is 4.74. The molecule has 23 heavy (non-hydrogen) atoms. The van der Waals surface area contributed by atoms with Crippen molar-refractivity contribution in [3.63, 3.8) is 0 Å².